The lowest BCUT2D eigenvalue weighted by Gasteiger charge is -2.22. The molecule has 28 heavy (non-hydrogen) atoms. The van der Waals surface area contributed by atoms with Crippen molar-refractivity contribution in [1.82, 2.24) is 10.9 Å². The number of hydrogen-bond acceptors (Lipinski definition) is 5. The van der Waals surface area contributed by atoms with Crippen LogP contribution in [-0.4, -0.2) is 32.1 Å². The second-order valence-electron chi connectivity index (χ2n) is 7.07. The van der Waals surface area contributed by atoms with Gasteiger partial charge in [0, 0.05) is 30.5 Å². The molecule has 1 aliphatic heterocycles. The summed E-state index contributed by atoms with van der Waals surface area (Å²) in [6, 6.07) is 13.9. The van der Waals surface area contributed by atoms with E-state index < -0.39 is 0 Å². The summed E-state index contributed by atoms with van der Waals surface area (Å²) in [5, 5.41) is 3.06. The van der Waals surface area contributed by atoms with Crippen molar-refractivity contribution in [3.63, 3.8) is 0 Å². The number of ether oxygens (including phenoxy) is 1. The van der Waals surface area contributed by atoms with Crippen molar-refractivity contribution >= 4 is 17.3 Å². The maximum atomic E-state index is 12.7. The summed E-state index contributed by atoms with van der Waals surface area (Å²) in [6.45, 7) is 8.25. The number of hydrogen-bond donors (Lipinski definition) is 3. The highest BCUT2D eigenvalue weighted by molar-refractivity contribution is 5.95. The van der Waals surface area contributed by atoms with Gasteiger partial charge in [0.05, 0.1) is 7.11 Å². The van der Waals surface area contributed by atoms with E-state index >= 15 is 0 Å². The Labute approximate surface area is 167 Å². The molecule has 0 radical (unpaired) electrons. The van der Waals surface area contributed by atoms with Crippen molar-refractivity contribution in [1.29, 1.82) is 0 Å². The summed E-state index contributed by atoms with van der Waals surface area (Å²) in [6.07, 6.45) is 0.676. The van der Waals surface area contributed by atoms with E-state index in [9.17, 15) is 4.79 Å². The summed E-state index contributed by atoms with van der Waals surface area (Å²) in [5.74, 6) is 0.785. The van der Waals surface area contributed by atoms with Crippen molar-refractivity contribution < 1.29 is 9.53 Å². The van der Waals surface area contributed by atoms with E-state index in [1.54, 1.807) is 7.11 Å². The fraction of sp³-hybridized carbons (Fsp3) is 0.409. The summed E-state index contributed by atoms with van der Waals surface area (Å²) < 4.78 is 5.29. The summed E-state index contributed by atoms with van der Waals surface area (Å²) >= 11 is 0. The van der Waals surface area contributed by atoms with Crippen LogP contribution in [0.5, 0.6) is 5.75 Å². The van der Waals surface area contributed by atoms with Crippen LogP contribution in [0.2, 0.25) is 0 Å². The van der Waals surface area contributed by atoms with Crippen LogP contribution >= 0.6 is 0 Å². The number of anilines is 2. The van der Waals surface area contributed by atoms with Gasteiger partial charge in [0.15, 0.2) is 0 Å². The number of nitrogens with zero attached hydrogens (tertiary/aromatic N) is 1. The minimum absolute atomic E-state index is 0.0309. The van der Waals surface area contributed by atoms with Crippen LogP contribution in [0.1, 0.15) is 37.4 Å². The van der Waals surface area contributed by atoms with E-state index in [0.717, 1.165) is 35.7 Å². The van der Waals surface area contributed by atoms with E-state index in [1.165, 1.54) is 5.69 Å². The number of nitrogens with one attached hydrogen (secondary N) is 3. The standard InChI is InChI=1S/C22H30N4O2/c1-5-26(6-2)17-10-11-19(15(3)12-17)23-22(27)21-14-20(24-25-21)16-8-7-9-18(13-16)28-4/h7-13,20-21,24-25H,5-6,14H2,1-4H3,(H,23,27). The van der Waals surface area contributed by atoms with Crippen molar-refractivity contribution in [3.05, 3.63) is 53.6 Å². The maximum absolute atomic E-state index is 12.7. The number of carbonyl (C=O) groups excluding carboxylic acids is 1. The predicted molar refractivity (Wildman–Crippen MR) is 114 cm³/mol. The van der Waals surface area contributed by atoms with Gasteiger partial charge in [0.25, 0.3) is 0 Å². The van der Waals surface area contributed by atoms with Crippen molar-refractivity contribution in [2.75, 3.05) is 30.4 Å². The molecule has 0 aliphatic carbocycles. The molecule has 0 aromatic heterocycles. The number of hydrazine groups is 1. The lowest BCUT2D eigenvalue weighted by Crippen LogP contribution is -2.39. The highest BCUT2D eigenvalue weighted by Crippen LogP contribution is 2.27. The van der Waals surface area contributed by atoms with Crippen molar-refractivity contribution in [3.8, 4) is 5.75 Å². The Morgan fingerprint density at radius 2 is 1.96 bits per heavy atom. The van der Waals surface area contributed by atoms with Crippen LogP contribution in [0.3, 0.4) is 0 Å². The highest BCUT2D eigenvalue weighted by atomic mass is 16.5. The molecular weight excluding hydrogens is 352 g/mol. The second kappa shape index (κ2) is 9.08. The van der Waals surface area contributed by atoms with Gasteiger partial charge in [-0.15, -0.1) is 0 Å². The molecule has 1 aliphatic rings. The first-order valence-electron chi connectivity index (χ1n) is 9.87. The van der Waals surface area contributed by atoms with Crippen LogP contribution in [0.15, 0.2) is 42.5 Å². The Kier molecular flexibility index (Phi) is 6.54. The molecule has 0 spiro atoms. The third-order valence-corrected chi connectivity index (χ3v) is 5.31. The summed E-state index contributed by atoms with van der Waals surface area (Å²) in [4.78, 5) is 15.0. The second-order valence-corrected chi connectivity index (χ2v) is 7.07. The molecule has 2 aromatic carbocycles. The third-order valence-electron chi connectivity index (χ3n) is 5.31. The maximum Gasteiger partial charge on any atom is 0.242 e. The molecule has 0 bridgehead atoms. The largest absolute Gasteiger partial charge is 0.497 e. The lowest BCUT2D eigenvalue weighted by molar-refractivity contribution is -0.117. The Morgan fingerprint density at radius 1 is 1.18 bits per heavy atom. The van der Waals surface area contributed by atoms with Gasteiger partial charge < -0.3 is 15.0 Å². The molecule has 150 valence electrons. The van der Waals surface area contributed by atoms with Gasteiger partial charge in [-0.2, -0.15) is 0 Å². The molecule has 6 nitrogen and oxygen atoms in total. The Morgan fingerprint density at radius 3 is 2.64 bits per heavy atom. The fourth-order valence-electron chi connectivity index (χ4n) is 3.60. The van der Waals surface area contributed by atoms with E-state index in [-0.39, 0.29) is 18.0 Å². The van der Waals surface area contributed by atoms with Gasteiger partial charge in [-0.1, -0.05) is 12.1 Å². The van der Waals surface area contributed by atoms with Crippen molar-refractivity contribution in [2.45, 2.75) is 39.3 Å². The zero-order chi connectivity index (χ0) is 20.1. The number of carbonyl (C=O) groups is 1. The molecule has 2 aromatic rings. The average Bonchev–Trinajstić information content (AvgIpc) is 3.21. The Balaban J connectivity index is 1.64. The minimum Gasteiger partial charge on any atom is -0.497 e. The van der Waals surface area contributed by atoms with Crippen LogP contribution < -0.4 is 25.8 Å². The van der Waals surface area contributed by atoms with Crippen molar-refractivity contribution in [2.24, 2.45) is 0 Å². The van der Waals surface area contributed by atoms with Gasteiger partial charge in [0.2, 0.25) is 5.91 Å². The highest BCUT2D eigenvalue weighted by Gasteiger charge is 2.30. The molecular formula is C22H30N4O2. The number of aryl methyl sites for hydroxylation is 1. The average molecular weight is 383 g/mol. The van der Waals surface area contributed by atoms with Gasteiger partial charge in [-0.05, 0) is 68.7 Å². The quantitative estimate of drug-likeness (QED) is 0.685. The fourth-order valence-corrected chi connectivity index (χ4v) is 3.60. The third kappa shape index (κ3) is 4.46. The number of rotatable bonds is 7. The molecule has 1 amide bonds. The SMILES string of the molecule is CCN(CC)c1ccc(NC(=O)C2CC(c3cccc(OC)c3)NN2)c(C)c1. The lowest BCUT2D eigenvalue weighted by atomic mass is 10.0. The van der Waals surface area contributed by atoms with Crippen LogP contribution in [0.4, 0.5) is 11.4 Å². The smallest absolute Gasteiger partial charge is 0.242 e. The molecule has 1 saturated heterocycles. The van der Waals surface area contributed by atoms with Gasteiger partial charge in [0.1, 0.15) is 11.8 Å². The zero-order valence-corrected chi connectivity index (χ0v) is 17.1. The summed E-state index contributed by atoms with van der Waals surface area (Å²) in [5.41, 5.74) is 10.5. The predicted octanol–water partition coefficient (Wildman–Crippen LogP) is 3.40. The Bertz CT molecular complexity index is 820. The normalized spacial score (nSPS) is 18.7. The molecule has 3 rings (SSSR count). The zero-order valence-electron chi connectivity index (χ0n) is 17.1. The van der Waals surface area contributed by atoms with E-state index in [4.69, 9.17) is 4.74 Å². The molecule has 2 atom stereocenters. The van der Waals surface area contributed by atoms with Crippen LogP contribution in [-0.2, 0) is 4.79 Å². The van der Waals surface area contributed by atoms with E-state index in [1.807, 2.05) is 37.3 Å². The topological polar surface area (TPSA) is 65.6 Å². The first-order chi connectivity index (χ1) is 13.5. The molecule has 0 saturated carbocycles. The first-order valence-corrected chi connectivity index (χ1v) is 9.87. The van der Waals surface area contributed by atoms with E-state index in [0.29, 0.717) is 6.42 Å². The van der Waals surface area contributed by atoms with Gasteiger partial charge in [-0.25, -0.2) is 10.9 Å². The van der Waals surface area contributed by atoms with Crippen LogP contribution in [0.25, 0.3) is 0 Å². The molecule has 3 N–H and O–H groups in total. The molecule has 2 unspecified atom stereocenters. The van der Waals surface area contributed by atoms with Gasteiger partial charge >= 0.3 is 0 Å². The minimum atomic E-state index is -0.293. The number of benzene rings is 2. The number of methoxy groups -OCH3 is 1. The molecule has 6 heteroatoms. The first kappa shape index (κ1) is 20.2. The van der Waals surface area contributed by atoms with Gasteiger partial charge in [-0.3, -0.25) is 4.79 Å². The monoisotopic (exact) mass is 382 g/mol. The van der Waals surface area contributed by atoms with Crippen LogP contribution in [0, 0.1) is 6.92 Å². The Hall–Kier alpha value is -2.57. The molecule has 1 heterocycles. The molecule has 1 fully saturated rings. The number of amides is 1. The summed E-state index contributed by atoms with van der Waals surface area (Å²) in [7, 11) is 1.66. The van der Waals surface area contributed by atoms with E-state index in [2.05, 4.69) is 47.0 Å².